The van der Waals surface area contributed by atoms with Gasteiger partial charge in [-0.25, -0.2) is 8.78 Å². The number of rotatable bonds is 7. The van der Waals surface area contributed by atoms with Crippen molar-refractivity contribution in [1.82, 2.24) is 0 Å². The highest BCUT2D eigenvalue weighted by atomic mass is 19.1. The van der Waals surface area contributed by atoms with Gasteiger partial charge in [0.05, 0.1) is 6.61 Å². The van der Waals surface area contributed by atoms with Crippen LogP contribution in [0.25, 0.3) is 0 Å². The molecule has 0 aromatic heterocycles. The zero-order valence-electron chi connectivity index (χ0n) is 13.6. The lowest BCUT2D eigenvalue weighted by molar-refractivity contribution is 0.271. The Kier molecular flexibility index (Phi) is 6.11. The van der Waals surface area contributed by atoms with Crippen molar-refractivity contribution in [3.8, 4) is 5.75 Å². The molecule has 0 fully saturated rings. The molecule has 0 radical (unpaired) electrons. The monoisotopic (exact) mass is 319 g/mol. The van der Waals surface area contributed by atoms with Crippen LogP contribution >= 0.6 is 0 Å². The Morgan fingerprint density at radius 2 is 1.74 bits per heavy atom. The average molecular weight is 319 g/mol. The standard InChI is InChI=1S/C19H23F2NO/c1-13(2)12-23-17-6-3-14(4-7-17)9-15(11-22)18-8-5-16(20)10-19(18)21/h3-8,10,13,15H,9,11-12,22H2,1-2H3. The van der Waals surface area contributed by atoms with Crippen LogP contribution in [0.5, 0.6) is 5.75 Å². The third-order valence-corrected chi connectivity index (χ3v) is 3.68. The second-order valence-electron chi connectivity index (χ2n) is 6.15. The first-order valence-electron chi connectivity index (χ1n) is 7.86. The zero-order chi connectivity index (χ0) is 16.8. The number of ether oxygens (including phenoxy) is 1. The van der Waals surface area contributed by atoms with Gasteiger partial charge in [-0.1, -0.05) is 32.0 Å². The normalized spacial score (nSPS) is 12.4. The van der Waals surface area contributed by atoms with Gasteiger partial charge in [0.15, 0.2) is 0 Å². The van der Waals surface area contributed by atoms with E-state index in [4.69, 9.17) is 10.5 Å². The van der Waals surface area contributed by atoms with E-state index in [1.165, 1.54) is 12.1 Å². The maximum atomic E-state index is 13.9. The molecule has 0 saturated carbocycles. The summed E-state index contributed by atoms with van der Waals surface area (Å²) in [4.78, 5) is 0. The van der Waals surface area contributed by atoms with Crippen molar-refractivity contribution in [3.05, 3.63) is 65.2 Å². The Morgan fingerprint density at radius 3 is 2.30 bits per heavy atom. The van der Waals surface area contributed by atoms with Gasteiger partial charge < -0.3 is 10.5 Å². The summed E-state index contributed by atoms with van der Waals surface area (Å²) in [6.45, 7) is 5.16. The van der Waals surface area contributed by atoms with E-state index in [0.717, 1.165) is 17.4 Å². The first-order chi connectivity index (χ1) is 11.0. The first kappa shape index (κ1) is 17.4. The lowest BCUT2D eigenvalue weighted by Crippen LogP contribution is -2.16. The van der Waals surface area contributed by atoms with Gasteiger partial charge in [-0.15, -0.1) is 0 Å². The Bertz CT molecular complexity index is 626. The summed E-state index contributed by atoms with van der Waals surface area (Å²) in [5, 5.41) is 0. The molecule has 2 rings (SSSR count). The molecule has 1 atom stereocenters. The van der Waals surface area contributed by atoms with Gasteiger partial charge >= 0.3 is 0 Å². The van der Waals surface area contributed by atoms with Crippen LogP contribution < -0.4 is 10.5 Å². The molecule has 0 aliphatic rings. The van der Waals surface area contributed by atoms with E-state index in [-0.39, 0.29) is 5.92 Å². The lowest BCUT2D eigenvalue weighted by Gasteiger charge is -2.17. The first-order valence-corrected chi connectivity index (χ1v) is 7.86. The third kappa shape index (κ3) is 5.03. The van der Waals surface area contributed by atoms with Gasteiger partial charge in [0.1, 0.15) is 17.4 Å². The highest BCUT2D eigenvalue weighted by Crippen LogP contribution is 2.24. The molecule has 2 N–H and O–H groups in total. The molecular formula is C19H23F2NO. The fourth-order valence-electron chi connectivity index (χ4n) is 2.42. The molecule has 4 heteroatoms. The number of nitrogens with two attached hydrogens (primary N) is 1. The number of hydrogen-bond donors (Lipinski definition) is 1. The minimum Gasteiger partial charge on any atom is -0.493 e. The van der Waals surface area contributed by atoms with Crippen molar-refractivity contribution in [3.63, 3.8) is 0 Å². The molecule has 2 nitrogen and oxygen atoms in total. The van der Waals surface area contributed by atoms with Gasteiger partial charge in [0, 0.05) is 12.0 Å². The Labute approximate surface area is 136 Å². The van der Waals surface area contributed by atoms with Crippen LogP contribution in [0.4, 0.5) is 8.78 Å². The van der Waals surface area contributed by atoms with Crippen LogP contribution in [0, 0.1) is 17.6 Å². The van der Waals surface area contributed by atoms with Crippen molar-refractivity contribution < 1.29 is 13.5 Å². The van der Waals surface area contributed by atoms with Gasteiger partial charge in [0.25, 0.3) is 0 Å². The fraction of sp³-hybridized carbons (Fsp3) is 0.368. The van der Waals surface area contributed by atoms with Crippen LogP contribution in [0.15, 0.2) is 42.5 Å². The number of benzene rings is 2. The minimum absolute atomic E-state index is 0.182. The summed E-state index contributed by atoms with van der Waals surface area (Å²) in [7, 11) is 0. The predicted octanol–water partition coefficient (Wildman–Crippen LogP) is 4.28. The van der Waals surface area contributed by atoms with E-state index in [1.807, 2.05) is 24.3 Å². The van der Waals surface area contributed by atoms with E-state index in [1.54, 1.807) is 0 Å². The van der Waals surface area contributed by atoms with E-state index in [2.05, 4.69) is 13.8 Å². The Balaban J connectivity index is 2.06. The number of halogens is 2. The molecular weight excluding hydrogens is 296 g/mol. The van der Waals surface area contributed by atoms with Gasteiger partial charge in [-0.3, -0.25) is 0 Å². The van der Waals surface area contributed by atoms with Crippen molar-refractivity contribution >= 4 is 0 Å². The fourth-order valence-corrected chi connectivity index (χ4v) is 2.42. The van der Waals surface area contributed by atoms with Crippen molar-refractivity contribution in [1.29, 1.82) is 0 Å². The van der Waals surface area contributed by atoms with Crippen molar-refractivity contribution in [2.24, 2.45) is 11.7 Å². The minimum atomic E-state index is -0.575. The largest absolute Gasteiger partial charge is 0.493 e. The molecule has 0 aliphatic heterocycles. The smallest absolute Gasteiger partial charge is 0.129 e. The molecule has 0 aliphatic carbocycles. The molecule has 0 heterocycles. The SMILES string of the molecule is CC(C)COc1ccc(CC(CN)c2ccc(F)cc2F)cc1. The van der Waals surface area contributed by atoms with Gasteiger partial charge in [0.2, 0.25) is 0 Å². The van der Waals surface area contributed by atoms with E-state index < -0.39 is 11.6 Å². The second-order valence-corrected chi connectivity index (χ2v) is 6.15. The summed E-state index contributed by atoms with van der Waals surface area (Å²) in [6.07, 6.45) is 0.601. The van der Waals surface area contributed by atoms with Crippen LogP contribution in [-0.2, 0) is 6.42 Å². The number of hydrogen-bond acceptors (Lipinski definition) is 2. The van der Waals surface area contributed by atoms with E-state index >= 15 is 0 Å². The zero-order valence-corrected chi connectivity index (χ0v) is 13.6. The highest BCUT2D eigenvalue weighted by molar-refractivity contribution is 5.30. The highest BCUT2D eigenvalue weighted by Gasteiger charge is 2.15. The quantitative estimate of drug-likeness (QED) is 0.826. The summed E-state index contributed by atoms with van der Waals surface area (Å²) < 4.78 is 32.6. The molecule has 0 saturated heterocycles. The maximum Gasteiger partial charge on any atom is 0.129 e. The van der Waals surface area contributed by atoms with E-state index in [0.29, 0.717) is 31.1 Å². The predicted molar refractivity (Wildman–Crippen MR) is 88.6 cm³/mol. The van der Waals surface area contributed by atoms with Crippen LogP contribution in [0.1, 0.15) is 30.9 Å². The Morgan fingerprint density at radius 1 is 1.04 bits per heavy atom. The summed E-state index contributed by atoms with van der Waals surface area (Å²) in [5.41, 5.74) is 7.28. The summed E-state index contributed by atoms with van der Waals surface area (Å²) >= 11 is 0. The average Bonchev–Trinajstić information content (AvgIpc) is 2.52. The molecule has 124 valence electrons. The van der Waals surface area contributed by atoms with Gasteiger partial charge in [-0.05, 0) is 48.2 Å². The molecule has 0 spiro atoms. The van der Waals surface area contributed by atoms with Crippen LogP contribution in [-0.4, -0.2) is 13.2 Å². The van der Waals surface area contributed by atoms with E-state index in [9.17, 15) is 8.78 Å². The maximum absolute atomic E-state index is 13.9. The van der Waals surface area contributed by atoms with Crippen LogP contribution in [0.2, 0.25) is 0 Å². The summed E-state index contributed by atoms with van der Waals surface area (Å²) in [6, 6.07) is 11.4. The molecule has 2 aromatic rings. The third-order valence-electron chi connectivity index (χ3n) is 3.68. The van der Waals surface area contributed by atoms with Crippen molar-refractivity contribution in [2.45, 2.75) is 26.2 Å². The molecule has 0 bridgehead atoms. The molecule has 23 heavy (non-hydrogen) atoms. The topological polar surface area (TPSA) is 35.2 Å². The lowest BCUT2D eigenvalue weighted by atomic mass is 9.91. The van der Waals surface area contributed by atoms with Crippen molar-refractivity contribution in [2.75, 3.05) is 13.2 Å². The second kappa shape index (κ2) is 8.06. The van der Waals surface area contributed by atoms with Crippen LogP contribution in [0.3, 0.4) is 0 Å². The molecule has 0 amide bonds. The molecule has 1 unspecified atom stereocenters. The van der Waals surface area contributed by atoms with Gasteiger partial charge in [-0.2, -0.15) is 0 Å². The molecule has 2 aromatic carbocycles. The Hall–Kier alpha value is -1.94. The summed E-state index contributed by atoms with van der Waals surface area (Å²) in [5.74, 6) is -0.0125.